The molecule has 3 aromatic rings. The van der Waals surface area contributed by atoms with E-state index in [2.05, 4.69) is 27.7 Å². The highest BCUT2D eigenvalue weighted by molar-refractivity contribution is 6.18. The third-order valence-corrected chi connectivity index (χ3v) is 7.37. The van der Waals surface area contributed by atoms with E-state index in [-0.39, 0.29) is 34.4 Å². The van der Waals surface area contributed by atoms with Gasteiger partial charge in [0.1, 0.15) is 17.4 Å². The maximum absolute atomic E-state index is 12.7. The molecule has 0 radical (unpaired) electrons. The Labute approximate surface area is 250 Å². The van der Waals surface area contributed by atoms with Gasteiger partial charge in [-0.25, -0.2) is 4.79 Å². The van der Waals surface area contributed by atoms with E-state index in [1.165, 1.54) is 6.07 Å². The number of Topliss-reactive ketones (excluding diaryl/α,β-unsaturated/α-hetero) is 2. The smallest absolute Gasteiger partial charge is 0.342 e. The highest BCUT2D eigenvalue weighted by Gasteiger charge is 2.34. The molecule has 1 aliphatic carbocycles. The molecule has 2 unspecified atom stereocenters. The minimum absolute atomic E-state index is 0.0179. The highest BCUT2D eigenvalue weighted by Crippen LogP contribution is 2.40. The van der Waals surface area contributed by atoms with E-state index in [0.29, 0.717) is 23.7 Å². The zero-order valence-corrected chi connectivity index (χ0v) is 25.3. The van der Waals surface area contributed by atoms with Gasteiger partial charge < -0.3 is 14.6 Å². The Morgan fingerprint density at radius 3 is 1.90 bits per heavy atom. The van der Waals surface area contributed by atoms with Gasteiger partial charge in [0.2, 0.25) is 0 Å². The van der Waals surface area contributed by atoms with Crippen molar-refractivity contribution in [3.05, 3.63) is 102 Å². The van der Waals surface area contributed by atoms with Crippen LogP contribution in [0.25, 0.3) is 0 Å². The monoisotopic (exact) mass is 572 g/mol. The first-order valence-electron chi connectivity index (χ1n) is 14.9. The first-order valence-corrected chi connectivity index (χ1v) is 14.9. The van der Waals surface area contributed by atoms with Crippen molar-refractivity contribution in [1.29, 1.82) is 0 Å². The van der Waals surface area contributed by atoms with E-state index < -0.39 is 12.1 Å². The Hall–Kier alpha value is -3.77. The predicted octanol–water partition coefficient (Wildman–Crippen LogP) is 8.09. The van der Waals surface area contributed by atoms with E-state index in [1.54, 1.807) is 66.7 Å². The number of benzene rings is 3. The molecule has 1 N–H and O–H groups in total. The number of esters is 1. The van der Waals surface area contributed by atoms with Crippen molar-refractivity contribution in [2.45, 2.75) is 78.4 Å². The molecule has 0 saturated heterocycles. The van der Waals surface area contributed by atoms with Gasteiger partial charge in [-0.1, -0.05) is 113 Å². The summed E-state index contributed by atoms with van der Waals surface area (Å²) in [7, 11) is 0. The van der Waals surface area contributed by atoms with Crippen LogP contribution in [0.4, 0.5) is 0 Å². The molecule has 0 spiro atoms. The Bertz CT molecular complexity index is 1230. The van der Waals surface area contributed by atoms with E-state index in [4.69, 9.17) is 9.47 Å². The Kier molecular flexibility index (Phi) is 12.5. The molecule has 1 aliphatic rings. The summed E-state index contributed by atoms with van der Waals surface area (Å²) in [6.07, 6.45) is 4.76. The van der Waals surface area contributed by atoms with Crippen molar-refractivity contribution in [2.24, 2.45) is 11.3 Å². The molecule has 3 aromatic carbocycles. The summed E-state index contributed by atoms with van der Waals surface area (Å²) >= 11 is 0. The quantitative estimate of drug-likeness (QED) is 0.108. The number of hydrogen-bond acceptors (Lipinski definition) is 6. The molecular weight excluding hydrogens is 528 g/mol. The van der Waals surface area contributed by atoms with Gasteiger partial charge in [-0.2, -0.15) is 0 Å². The van der Waals surface area contributed by atoms with Gasteiger partial charge in [-0.15, -0.1) is 0 Å². The van der Waals surface area contributed by atoms with Gasteiger partial charge in [-0.05, 0) is 49.1 Å². The lowest BCUT2D eigenvalue weighted by atomic mass is 9.71. The number of ketones is 2. The Morgan fingerprint density at radius 2 is 1.38 bits per heavy atom. The van der Waals surface area contributed by atoms with Gasteiger partial charge in [-0.3, -0.25) is 9.59 Å². The van der Waals surface area contributed by atoms with Crippen LogP contribution in [0.15, 0.2) is 84.9 Å². The minimum atomic E-state index is -1.07. The van der Waals surface area contributed by atoms with E-state index >= 15 is 0 Å². The van der Waals surface area contributed by atoms with Crippen molar-refractivity contribution in [3.8, 4) is 5.75 Å². The maximum atomic E-state index is 12.7. The Morgan fingerprint density at radius 1 is 0.833 bits per heavy atom. The molecule has 0 heterocycles. The topological polar surface area (TPSA) is 89.9 Å². The third kappa shape index (κ3) is 9.95. The lowest BCUT2D eigenvalue weighted by molar-refractivity contribution is -0.00736. The maximum Gasteiger partial charge on any atom is 0.342 e. The number of unbranched alkanes of at least 4 members (excludes halogenated alkanes) is 2. The number of hydrogen-bond donors (Lipinski definition) is 1. The number of phenols is 1. The highest BCUT2D eigenvalue weighted by atomic mass is 16.5. The predicted molar refractivity (Wildman–Crippen MR) is 165 cm³/mol. The van der Waals surface area contributed by atoms with Crippen LogP contribution in [0.3, 0.4) is 0 Å². The molecule has 0 bridgehead atoms. The summed E-state index contributed by atoms with van der Waals surface area (Å²) in [6.45, 7) is 9.13. The lowest BCUT2D eigenvalue weighted by Gasteiger charge is -2.38. The number of carbonyl (C=O) groups excluding carboxylic acids is 3. The zero-order chi connectivity index (χ0) is 30.5. The second-order valence-electron chi connectivity index (χ2n) is 11.9. The van der Waals surface area contributed by atoms with Gasteiger partial charge in [0.05, 0.1) is 0 Å². The molecule has 0 aromatic heterocycles. The standard InChI is InChI=1S/C20H22O3.C16H22O3/c1-2-3-10-15-23-20(18(21)16-11-6-4-7-12-16)19(22)17-13-8-5-9-14-17;1-11-8-12(10-16(2,3)9-11)19-15(18)13-6-4-5-7-14(13)17/h4-9,11-14,20H,2-3,10,15H2,1H3;4-7,11-12,17H,8-10H2,1-3H3. The molecule has 6 nitrogen and oxygen atoms in total. The van der Waals surface area contributed by atoms with Gasteiger partial charge >= 0.3 is 5.97 Å². The van der Waals surface area contributed by atoms with Gasteiger partial charge in [0.15, 0.2) is 17.7 Å². The largest absolute Gasteiger partial charge is 0.507 e. The average Bonchev–Trinajstić information content (AvgIpc) is 2.97. The van der Waals surface area contributed by atoms with Crippen LogP contribution in [0, 0.1) is 11.3 Å². The van der Waals surface area contributed by atoms with Crippen LogP contribution in [-0.4, -0.2) is 41.5 Å². The fourth-order valence-corrected chi connectivity index (χ4v) is 5.54. The van der Waals surface area contributed by atoms with Crippen molar-refractivity contribution in [2.75, 3.05) is 6.61 Å². The third-order valence-electron chi connectivity index (χ3n) is 7.37. The second kappa shape index (κ2) is 16.0. The number of rotatable bonds is 11. The molecule has 1 saturated carbocycles. The molecule has 224 valence electrons. The first-order chi connectivity index (χ1) is 20.1. The summed E-state index contributed by atoms with van der Waals surface area (Å²) in [5.41, 5.74) is 1.45. The van der Waals surface area contributed by atoms with E-state index in [9.17, 15) is 19.5 Å². The fourth-order valence-electron chi connectivity index (χ4n) is 5.54. The van der Waals surface area contributed by atoms with Crippen molar-refractivity contribution in [1.82, 2.24) is 0 Å². The molecule has 0 amide bonds. The zero-order valence-electron chi connectivity index (χ0n) is 25.3. The van der Waals surface area contributed by atoms with Crippen LogP contribution >= 0.6 is 0 Å². The van der Waals surface area contributed by atoms with Crippen LogP contribution in [0.2, 0.25) is 0 Å². The number of aromatic hydroxyl groups is 1. The number of ether oxygens (including phenoxy) is 2. The summed E-state index contributed by atoms with van der Waals surface area (Å²) in [4.78, 5) is 37.4. The minimum Gasteiger partial charge on any atom is -0.507 e. The number of para-hydroxylation sites is 1. The van der Waals surface area contributed by atoms with Gasteiger partial charge in [0.25, 0.3) is 0 Å². The van der Waals surface area contributed by atoms with Crippen molar-refractivity contribution in [3.63, 3.8) is 0 Å². The molecule has 4 rings (SSSR count). The van der Waals surface area contributed by atoms with Crippen LogP contribution in [0.1, 0.15) is 97.3 Å². The summed E-state index contributed by atoms with van der Waals surface area (Å²) in [5, 5.41) is 9.66. The number of carbonyl (C=O) groups is 3. The second-order valence-corrected chi connectivity index (χ2v) is 11.9. The Balaban J connectivity index is 0.000000235. The summed E-state index contributed by atoms with van der Waals surface area (Å²) < 4.78 is 11.2. The molecule has 1 fully saturated rings. The summed E-state index contributed by atoms with van der Waals surface area (Å²) in [6, 6.07) is 24.2. The fraction of sp³-hybridized carbons (Fsp3) is 0.417. The molecule has 42 heavy (non-hydrogen) atoms. The normalized spacial score (nSPS) is 17.5. The molecule has 6 heteroatoms. The SMILES string of the molecule is CC1CC(OC(=O)c2ccccc2O)CC(C)(C)C1.CCCCCOC(C(=O)c1ccccc1)C(=O)c1ccccc1. The van der Waals surface area contributed by atoms with E-state index in [0.717, 1.165) is 38.5 Å². The van der Waals surface area contributed by atoms with Crippen molar-refractivity contribution < 1.29 is 29.0 Å². The summed E-state index contributed by atoms with van der Waals surface area (Å²) in [5.74, 6) is -0.443. The first kappa shape index (κ1) is 32.7. The van der Waals surface area contributed by atoms with Crippen molar-refractivity contribution >= 4 is 17.5 Å². The average molecular weight is 573 g/mol. The molecular formula is C36H44O6. The van der Waals surface area contributed by atoms with Crippen LogP contribution < -0.4 is 0 Å². The van der Waals surface area contributed by atoms with E-state index in [1.807, 2.05) is 12.1 Å². The van der Waals surface area contributed by atoms with Gasteiger partial charge in [0, 0.05) is 17.7 Å². The van der Waals surface area contributed by atoms with Crippen LogP contribution in [-0.2, 0) is 9.47 Å². The number of phenolic OH excluding ortho intramolecular Hbond substituents is 1. The molecule has 2 atom stereocenters. The molecule has 0 aliphatic heterocycles. The lowest BCUT2D eigenvalue weighted by Crippen LogP contribution is -2.34. The van der Waals surface area contributed by atoms with Crippen LogP contribution in [0.5, 0.6) is 5.75 Å².